The molecule has 16 heavy (non-hydrogen) atoms. The maximum absolute atomic E-state index is 9.41. The van der Waals surface area contributed by atoms with Crippen LogP contribution in [0.3, 0.4) is 0 Å². The standard InChI is InChI=1S/C13H22N2O/c1-4-8-15(9-5-2)13-7-6-12(10-14-13)11(3)16/h6-7,10-11,16H,4-5,8-9H2,1-3H3/t11-/m1/s1. The van der Waals surface area contributed by atoms with Crippen LogP contribution in [0.25, 0.3) is 0 Å². The van der Waals surface area contributed by atoms with Crippen LogP contribution in [0, 0.1) is 0 Å². The van der Waals surface area contributed by atoms with Gasteiger partial charge < -0.3 is 10.0 Å². The van der Waals surface area contributed by atoms with Gasteiger partial charge in [-0.25, -0.2) is 4.98 Å². The Labute approximate surface area is 98.1 Å². The van der Waals surface area contributed by atoms with Crippen molar-refractivity contribution in [2.24, 2.45) is 0 Å². The highest BCUT2D eigenvalue weighted by Crippen LogP contribution is 2.16. The highest BCUT2D eigenvalue weighted by molar-refractivity contribution is 5.39. The third-order valence-corrected chi connectivity index (χ3v) is 2.56. The molecule has 1 atom stereocenters. The van der Waals surface area contributed by atoms with Gasteiger partial charge in [0.15, 0.2) is 0 Å². The van der Waals surface area contributed by atoms with Crippen molar-refractivity contribution in [1.29, 1.82) is 0 Å². The van der Waals surface area contributed by atoms with E-state index in [-0.39, 0.29) is 0 Å². The van der Waals surface area contributed by atoms with Crippen LogP contribution in [0.15, 0.2) is 18.3 Å². The molecule has 0 aliphatic carbocycles. The number of aliphatic hydroxyl groups excluding tert-OH is 1. The van der Waals surface area contributed by atoms with Gasteiger partial charge >= 0.3 is 0 Å². The van der Waals surface area contributed by atoms with Crippen molar-refractivity contribution in [2.75, 3.05) is 18.0 Å². The molecule has 1 heterocycles. The molecule has 0 saturated heterocycles. The lowest BCUT2D eigenvalue weighted by atomic mass is 10.2. The van der Waals surface area contributed by atoms with E-state index in [4.69, 9.17) is 0 Å². The Bertz CT molecular complexity index is 289. The summed E-state index contributed by atoms with van der Waals surface area (Å²) < 4.78 is 0. The number of aliphatic hydroxyl groups is 1. The minimum Gasteiger partial charge on any atom is -0.389 e. The third kappa shape index (κ3) is 3.49. The topological polar surface area (TPSA) is 36.4 Å². The second-order valence-corrected chi connectivity index (χ2v) is 4.11. The number of rotatable bonds is 6. The lowest BCUT2D eigenvalue weighted by Gasteiger charge is -2.22. The van der Waals surface area contributed by atoms with E-state index in [0.29, 0.717) is 0 Å². The van der Waals surface area contributed by atoms with Crippen LogP contribution < -0.4 is 4.90 Å². The fraction of sp³-hybridized carbons (Fsp3) is 0.615. The molecule has 90 valence electrons. The minimum atomic E-state index is -0.438. The smallest absolute Gasteiger partial charge is 0.128 e. The van der Waals surface area contributed by atoms with Crippen LogP contribution in [0.5, 0.6) is 0 Å². The van der Waals surface area contributed by atoms with Crippen LogP contribution in [-0.2, 0) is 0 Å². The number of hydrogen-bond donors (Lipinski definition) is 1. The van der Waals surface area contributed by atoms with E-state index < -0.39 is 6.10 Å². The number of pyridine rings is 1. The molecule has 3 heteroatoms. The van der Waals surface area contributed by atoms with E-state index in [1.165, 1.54) is 0 Å². The lowest BCUT2D eigenvalue weighted by Crippen LogP contribution is -2.25. The van der Waals surface area contributed by atoms with Crippen molar-refractivity contribution in [2.45, 2.75) is 39.7 Å². The molecule has 1 aromatic rings. The van der Waals surface area contributed by atoms with Gasteiger partial charge in [-0.3, -0.25) is 0 Å². The Hall–Kier alpha value is -1.09. The Balaban J connectivity index is 2.76. The first kappa shape index (κ1) is 13.0. The molecular formula is C13H22N2O. The second kappa shape index (κ2) is 6.48. The van der Waals surface area contributed by atoms with Gasteiger partial charge in [0.1, 0.15) is 5.82 Å². The summed E-state index contributed by atoms with van der Waals surface area (Å²) in [7, 11) is 0. The van der Waals surface area contributed by atoms with Gasteiger partial charge in [-0.1, -0.05) is 19.9 Å². The molecule has 1 aromatic heterocycles. The molecule has 0 spiro atoms. The normalized spacial score (nSPS) is 12.5. The molecule has 0 aliphatic heterocycles. The van der Waals surface area contributed by atoms with Crippen molar-refractivity contribution < 1.29 is 5.11 Å². The quantitative estimate of drug-likeness (QED) is 0.804. The summed E-state index contributed by atoms with van der Waals surface area (Å²) in [5.74, 6) is 1.01. The predicted molar refractivity (Wildman–Crippen MR) is 67.7 cm³/mol. The summed E-state index contributed by atoms with van der Waals surface area (Å²) in [6, 6.07) is 3.94. The minimum absolute atomic E-state index is 0.438. The van der Waals surface area contributed by atoms with E-state index >= 15 is 0 Å². The van der Waals surface area contributed by atoms with Crippen molar-refractivity contribution >= 4 is 5.82 Å². The molecule has 0 unspecified atom stereocenters. The van der Waals surface area contributed by atoms with E-state index in [2.05, 4.69) is 23.7 Å². The number of hydrogen-bond acceptors (Lipinski definition) is 3. The largest absolute Gasteiger partial charge is 0.389 e. The van der Waals surface area contributed by atoms with Gasteiger partial charge in [-0.2, -0.15) is 0 Å². The summed E-state index contributed by atoms with van der Waals surface area (Å²) in [6.45, 7) is 8.18. The maximum Gasteiger partial charge on any atom is 0.128 e. The maximum atomic E-state index is 9.41. The van der Waals surface area contributed by atoms with Crippen LogP contribution in [0.4, 0.5) is 5.82 Å². The number of aromatic nitrogens is 1. The van der Waals surface area contributed by atoms with Crippen molar-refractivity contribution in [3.63, 3.8) is 0 Å². The van der Waals surface area contributed by atoms with E-state index in [9.17, 15) is 5.11 Å². The molecule has 1 N–H and O–H groups in total. The van der Waals surface area contributed by atoms with Gasteiger partial charge in [0.25, 0.3) is 0 Å². The van der Waals surface area contributed by atoms with E-state index in [0.717, 1.165) is 37.3 Å². The van der Waals surface area contributed by atoms with Crippen molar-refractivity contribution in [3.05, 3.63) is 23.9 Å². The highest BCUT2D eigenvalue weighted by atomic mass is 16.3. The summed E-state index contributed by atoms with van der Waals surface area (Å²) in [5, 5.41) is 9.41. The number of nitrogens with zero attached hydrogens (tertiary/aromatic N) is 2. The zero-order valence-corrected chi connectivity index (χ0v) is 10.5. The van der Waals surface area contributed by atoms with Crippen LogP contribution in [0.2, 0.25) is 0 Å². The summed E-state index contributed by atoms with van der Waals surface area (Å²) in [6.07, 6.45) is 3.57. The van der Waals surface area contributed by atoms with Gasteiger partial charge in [0.05, 0.1) is 6.10 Å². The summed E-state index contributed by atoms with van der Waals surface area (Å²) in [4.78, 5) is 6.69. The van der Waals surface area contributed by atoms with Crippen molar-refractivity contribution in [1.82, 2.24) is 4.98 Å². The molecule has 0 fully saturated rings. The first-order valence-electron chi connectivity index (χ1n) is 6.08. The highest BCUT2D eigenvalue weighted by Gasteiger charge is 2.07. The average molecular weight is 222 g/mol. The molecule has 0 amide bonds. The molecule has 0 aliphatic rings. The zero-order chi connectivity index (χ0) is 12.0. The molecule has 0 saturated carbocycles. The van der Waals surface area contributed by atoms with Gasteiger partial charge in [-0.05, 0) is 31.4 Å². The molecule has 0 aromatic carbocycles. The molecular weight excluding hydrogens is 200 g/mol. The SMILES string of the molecule is CCCN(CCC)c1ccc([C@@H](C)O)cn1. The van der Waals surface area contributed by atoms with Crippen LogP contribution >= 0.6 is 0 Å². The fourth-order valence-electron chi connectivity index (χ4n) is 1.71. The lowest BCUT2D eigenvalue weighted by molar-refractivity contribution is 0.199. The Kier molecular flexibility index (Phi) is 5.26. The Morgan fingerprint density at radius 2 is 1.88 bits per heavy atom. The predicted octanol–water partition coefficient (Wildman–Crippen LogP) is 2.76. The molecule has 3 nitrogen and oxygen atoms in total. The molecule has 1 rings (SSSR count). The Morgan fingerprint density at radius 3 is 2.25 bits per heavy atom. The average Bonchev–Trinajstić information content (AvgIpc) is 2.29. The Morgan fingerprint density at radius 1 is 1.25 bits per heavy atom. The second-order valence-electron chi connectivity index (χ2n) is 4.11. The van der Waals surface area contributed by atoms with E-state index in [1.54, 1.807) is 13.1 Å². The van der Waals surface area contributed by atoms with Gasteiger partial charge in [-0.15, -0.1) is 0 Å². The first-order valence-corrected chi connectivity index (χ1v) is 6.08. The van der Waals surface area contributed by atoms with Crippen LogP contribution in [-0.4, -0.2) is 23.2 Å². The van der Waals surface area contributed by atoms with Gasteiger partial charge in [0.2, 0.25) is 0 Å². The first-order chi connectivity index (χ1) is 7.69. The summed E-state index contributed by atoms with van der Waals surface area (Å²) in [5.41, 5.74) is 0.872. The summed E-state index contributed by atoms with van der Waals surface area (Å²) >= 11 is 0. The number of anilines is 1. The van der Waals surface area contributed by atoms with E-state index in [1.807, 2.05) is 12.1 Å². The molecule has 0 bridgehead atoms. The van der Waals surface area contributed by atoms with Gasteiger partial charge in [0, 0.05) is 19.3 Å². The molecule has 0 radical (unpaired) electrons. The fourth-order valence-corrected chi connectivity index (χ4v) is 1.71. The zero-order valence-electron chi connectivity index (χ0n) is 10.5. The third-order valence-electron chi connectivity index (χ3n) is 2.56. The van der Waals surface area contributed by atoms with Crippen LogP contribution in [0.1, 0.15) is 45.3 Å². The monoisotopic (exact) mass is 222 g/mol. The van der Waals surface area contributed by atoms with Crippen molar-refractivity contribution in [3.8, 4) is 0 Å².